The van der Waals surface area contributed by atoms with E-state index in [1.54, 1.807) is 6.92 Å². The van der Waals surface area contributed by atoms with Crippen molar-refractivity contribution >= 4 is 33.2 Å². The Morgan fingerprint density at radius 3 is 2.61 bits per heavy atom. The molecule has 178 valence electrons. The highest BCUT2D eigenvalue weighted by atomic mass is 35.5. The van der Waals surface area contributed by atoms with Crippen LogP contribution in [-0.2, 0) is 30.9 Å². The number of anilines is 1. The van der Waals surface area contributed by atoms with E-state index in [0.29, 0.717) is 49.1 Å². The molecule has 33 heavy (non-hydrogen) atoms. The van der Waals surface area contributed by atoms with E-state index < -0.39 is 21.5 Å². The highest BCUT2D eigenvalue weighted by molar-refractivity contribution is 7.90. The average molecular weight is 500 g/mol. The third-order valence-corrected chi connectivity index (χ3v) is 7.75. The smallest absolute Gasteiger partial charge is 0.305 e. The molecule has 2 aliphatic rings. The summed E-state index contributed by atoms with van der Waals surface area (Å²) in [6.45, 7) is 3.34. The fourth-order valence-electron chi connectivity index (χ4n) is 4.33. The van der Waals surface area contributed by atoms with Crippen LogP contribution in [0.25, 0.3) is 11.4 Å². The Kier molecular flexibility index (Phi) is 6.86. The van der Waals surface area contributed by atoms with E-state index in [4.69, 9.17) is 16.3 Å². The van der Waals surface area contributed by atoms with Gasteiger partial charge in [0.15, 0.2) is 15.7 Å². The molecule has 0 radical (unpaired) electrons. The molecule has 11 heteroatoms. The number of hydrogen-bond acceptors (Lipinski definition) is 7. The van der Waals surface area contributed by atoms with Gasteiger partial charge in [0.1, 0.15) is 17.5 Å². The van der Waals surface area contributed by atoms with Gasteiger partial charge >= 0.3 is 5.97 Å². The van der Waals surface area contributed by atoms with Crippen molar-refractivity contribution in [2.75, 3.05) is 24.6 Å². The van der Waals surface area contributed by atoms with Crippen molar-refractivity contribution in [1.82, 2.24) is 9.97 Å². The first-order valence-electron chi connectivity index (χ1n) is 10.8. The molecule has 0 bridgehead atoms. The molecule has 4 rings (SSSR count). The Morgan fingerprint density at radius 2 is 1.91 bits per heavy atom. The highest BCUT2D eigenvalue weighted by Gasteiger charge is 2.33. The lowest BCUT2D eigenvalue weighted by molar-refractivity contribution is -0.143. The van der Waals surface area contributed by atoms with Gasteiger partial charge in [-0.05, 0) is 44.2 Å². The van der Waals surface area contributed by atoms with Crippen molar-refractivity contribution < 1.29 is 26.7 Å². The number of carbonyl (C=O) groups excluding carboxylic acids is 1. The van der Waals surface area contributed by atoms with Gasteiger partial charge in [-0.2, -0.15) is 0 Å². The molecule has 1 aromatic heterocycles. The summed E-state index contributed by atoms with van der Waals surface area (Å²) in [7, 11) is -3.39. The van der Waals surface area contributed by atoms with Gasteiger partial charge in [0.05, 0.1) is 34.4 Å². The first kappa shape index (κ1) is 23.8. The summed E-state index contributed by atoms with van der Waals surface area (Å²) >= 11 is 5.66. The Balaban J connectivity index is 1.60. The first-order valence-corrected chi connectivity index (χ1v) is 13.0. The fourth-order valence-corrected chi connectivity index (χ4v) is 5.97. The first-order chi connectivity index (χ1) is 15.7. The SMILES string of the molecule is CCOC(=O)CCC1CCN(c2nc(-c3cc(F)c(Cl)cc3F)nc3c2CS(=O)(=O)C3)CC1. The number of piperidine rings is 1. The van der Waals surface area contributed by atoms with E-state index in [0.717, 1.165) is 31.4 Å². The van der Waals surface area contributed by atoms with Crippen LogP contribution in [0.15, 0.2) is 12.1 Å². The van der Waals surface area contributed by atoms with E-state index in [1.165, 1.54) is 0 Å². The van der Waals surface area contributed by atoms with Crippen molar-refractivity contribution in [3.05, 3.63) is 40.0 Å². The molecule has 1 aromatic carbocycles. The van der Waals surface area contributed by atoms with Crippen molar-refractivity contribution in [1.29, 1.82) is 0 Å². The molecule has 7 nitrogen and oxygen atoms in total. The lowest BCUT2D eigenvalue weighted by Gasteiger charge is -2.33. The molecule has 3 heterocycles. The maximum absolute atomic E-state index is 14.5. The summed E-state index contributed by atoms with van der Waals surface area (Å²) < 4.78 is 58.2. The second-order valence-electron chi connectivity index (χ2n) is 8.35. The van der Waals surface area contributed by atoms with E-state index in [2.05, 4.69) is 9.97 Å². The van der Waals surface area contributed by atoms with E-state index in [9.17, 15) is 22.0 Å². The third kappa shape index (κ3) is 5.27. The number of halogens is 3. The molecule has 0 amide bonds. The van der Waals surface area contributed by atoms with Gasteiger partial charge in [-0.1, -0.05) is 11.6 Å². The molecule has 1 fully saturated rings. The van der Waals surface area contributed by atoms with Crippen LogP contribution in [0.5, 0.6) is 0 Å². The van der Waals surface area contributed by atoms with Gasteiger partial charge in [0, 0.05) is 25.1 Å². The van der Waals surface area contributed by atoms with Gasteiger partial charge in [-0.15, -0.1) is 0 Å². The van der Waals surface area contributed by atoms with Crippen LogP contribution in [0.1, 0.15) is 43.9 Å². The van der Waals surface area contributed by atoms with Crippen LogP contribution in [-0.4, -0.2) is 44.1 Å². The Hall–Kier alpha value is -2.33. The summed E-state index contributed by atoms with van der Waals surface area (Å²) in [5.41, 5.74) is 0.655. The van der Waals surface area contributed by atoms with E-state index >= 15 is 0 Å². The summed E-state index contributed by atoms with van der Waals surface area (Å²) in [4.78, 5) is 22.4. The zero-order chi connectivity index (χ0) is 23.8. The average Bonchev–Trinajstić information content (AvgIpc) is 3.08. The maximum Gasteiger partial charge on any atom is 0.305 e. The van der Waals surface area contributed by atoms with Crippen LogP contribution in [0.2, 0.25) is 5.02 Å². The molecule has 2 aliphatic heterocycles. The zero-order valence-corrected chi connectivity index (χ0v) is 19.7. The number of fused-ring (bicyclic) bond motifs is 1. The topological polar surface area (TPSA) is 89.5 Å². The monoisotopic (exact) mass is 499 g/mol. The number of sulfone groups is 1. The van der Waals surface area contributed by atoms with E-state index in [-0.39, 0.29) is 33.9 Å². The molecule has 0 spiro atoms. The normalized spacial score (nSPS) is 17.8. The van der Waals surface area contributed by atoms with Crippen LogP contribution < -0.4 is 4.90 Å². The highest BCUT2D eigenvalue weighted by Crippen LogP contribution is 2.36. The number of esters is 1. The number of carbonyl (C=O) groups is 1. The van der Waals surface area contributed by atoms with Gasteiger partial charge in [-0.3, -0.25) is 4.79 Å². The molecule has 2 aromatic rings. The lowest BCUT2D eigenvalue weighted by atomic mass is 9.92. The summed E-state index contributed by atoms with van der Waals surface area (Å²) in [5.74, 6) is -1.55. The van der Waals surface area contributed by atoms with E-state index in [1.807, 2.05) is 4.90 Å². The van der Waals surface area contributed by atoms with Crippen LogP contribution in [0.4, 0.5) is 14.6 Å². The van der Waals surface area contributed by atoms with Crippen LogP contribution in [0.3, 0.4) is 0 Å². The van der Waals surface area contributed by atoms with Crippen molar-refractivity contribution in [2.24, 2.45) is 5.92 Å². The fraction of sp³-hybridized carbons (Fsp3) is 0.500. The van der Waals surface area contributed by atoms with Crippen LogP contribution in [0, 0.1) is 17.6 Å². The number of hydrogen-bond donors (Lipinski definition) is 0. The summed E-state index contributed by atoms with van der Waals surface area (Å²) in [5, 5.41) is -0.356. The minimum absolute atomic E-state index is 0.0710. The largest absolute Gasteiger partial charge is 0.466 e. The van der Waals surface area contributed by atoms with Gasteiger partial charge in [0.25, 0.3) is 0 Å². The molecule has 0 saturated carbocycles. The quantitative estimate of drug-likeness (QED) is 0.437. The number of benzene rings is 1. The second-order valence-corrected chi connectivity index (χ2v) is 10.8. The Morgan fingerprint density at radius 1 is 1.18 bits per heavy atom. The standard InChI is InChI=1S/C22H24ClF2N3O4S/c1-2-32-20(29)4-3-13-5-7-28(8-6-13)22-15-11-33(30,31)12-19(15)26-21(27-22)14-9-18(25)16(23)10-17(14)24/h9-10,13H,2-8,11-12H2,1H3. The molecule has 0 N–H and O–H groups in total. The second kappa shape index (κ2) is 9.50. The molecule has 0 atom stereocenters. The van der Waals surface area contributed by atoms with Gasteiger partial charge in [-0.25, -0.2) is 27.2 Å². The van der Waals surface area contributed by atoms with Crippen molar-refractivity contribution in [2.45, 2.75) is 44.1 Å². The molecule has 0 aliphatic carbocycles. The third-order valence-electron chi connectivity index (χ3n) is 6.02. The summed E-state index contributed by atoms with van der Waals surface area (Å²) in [6.07, 6.45) is 2.68. The van der Waals surface area contributed by atoms with Gasteiger partial charge in [0.2, 0.25) is 0 Å². The number of nitrogens with zero attached hydrogens (tertiary/aromatic N) is 3. The zero-order valence-electron chi connectivity index (χ0n) is 18.1. The molecular formula is C22H24ClF2N3O4S. The number of aromatic nitrogens is 2. The van der Waals surface area contributed by atoms with Gasteiger partial charge < -0.3 is 9.64 Å². The number of rotatable bonds is 6. The molecule has 0 unspecified atom stereocenters. The Labute approximate surface area is 196 Å². The minimum Gasteiger partial charge on any atom is -0.466 e. The lowest BCUT2D eigenvalue weighted by Crippen LogP contribution is -2.35. The van der Waals surface area contributed by atoms with Crippen molar-refractivity contribution in [3.8, 4) is 11.4 Å². The summed E-state index contributed by atoms with van der Waals surface area (Å²) in [6, 6.07) is 1.78. The Bertz CT molecular complexity index is 1180. The molecule has 1 saturated heterocycles. The van der Waals surface area contributed by atoms with Crippen molar-refractivity contribution in [3.63, 3.8) is 0 Å². The predicted molar refractivity (Wildman–Crippen MR) is 120 cm³/mol. The van der Waals surface area contributed by atoms with Crippen LogP contribution >= 0.6 is 11.6 Å². The number of ether oxygens (including phenoxy) is 1. The predicted octanol–water partition coefficient (Wildman–Crippen LogP) is 4.06. The maximum atomic E-state index is 14.5. The minimum atomic E-state index is -3.39. The molecular weight excluding hydrogens is 476 g/mol.